The Bertz CT molecular complexity index is 953. The van der Waals surface area contributed by atoms with Crippen LogP contribution in [0.5, 0.6) is 5.75 Å². The number of methoxy groups -OCH3 is 1. The molecule has 0 fully saturated rings. The lowest BCUT2D eigenvalue weighted by atomic mass is 10.2. The summed E-state index contributed by atoms with van der Waals surface area (Å²) in [4.78, 5) is 29.4. The summed E-state index contributed by atoms with van der Waals surface area (Å²) in [5, 5.41) is 0. The molecule has 2 aromatic rings. The zero-order valence-corrected chi connectivity index (χ0v) is 15.0. The van der Waals surface area contributed by atoms with Gasteiger partial charge in [0.1, 0.15) is 16.3 Å². The van der Waals surface area contributed by atoms with Crippen LogP contribution < -0.4 is 9.46 Å². The largest absolute Gasteiger partial charge is 0.495 e. The van der Waals surface area contributed by atoms with Crippen molar-refractivity contribution in [2.24, 2.45) is 0 Å². The van der Waals surface area contributed by atoms with E-state index >= 15 is 0 Å². The average molecular weight is 375 g/mol. The Morgan fingerprint density at radius 3 is 2.65 bits per heavy atom. The number of hydrogen-bond acceptors (Lipinski definition) is 6. The molecule has 2 heterocycles. The average Bonchev–Trinajstić information content (AvgIpc) is 2.87. The second-order valence-corrected chi connectivity index (χ2v) is 7.45. The lowest BCUT2D eigenvalue weighted by Gasteiger charge is -2.15. The van der Waals surface area contributed by atoms with Gasteiger partial charge in [0.15, 0.2) is 0 Å². The fourth-order valence-corrected chi connectivity index (χ4v) is 3.95. The van der Waals surface area contributed by atoms with Crippen LogP contribution in [0.4, 0.5) is 0 Å². The van der Waals surface area contributed by atoms with E-state index < -0.39 is 21.8 Å². The molecule has 0 spiro atoms. The molecule has 1 N–H and O–H groups in total. The fourth-order valence-electron chi connectivity index (χ4n) is 2.68. The summed E-state index contributed by atoms with van der Waals surface area (Å²) in [6, 6.07) is 7.89. The quantitative estimate of drug-likeness (QED) is 0.755. The number of rotatable bonds is 6. The molecule has 0 aliphatic carbocycles. The van der Waals surface area contributed by atoms with Crippen molar-refractivity contribution in [1.82, 2.24) is 14.6 Å². The maximum absolute atomic E-state index is 12.5. The van der Waals surface area contributed by atoms with Crippen molar-refractivity contribution in [1.29, 1.82) is 0 Å². The number of sulfonamides is 1. The summed E-state index contributed by atoms with van der Waals surface area (Å²) in [5.74, 6) is -0.795. The van der Waals surface area contributed by atoms with E-state index in [1.165, 1.54) is 25.4 Å². The van der Waals surface area contributed by atoms with Gasteiger partial charge in [-0.3, -0.25) is 19.5 Å². The third kappa shape index (κ3) is 3.18. The van der Waals surface area contributed by atoms with E-state index in [1.807, 2.05) is 0 Å². The lowest BCUT2D eigenvalue weighted by Crippen LogP contribution is -2.38. The van der Waals surface area contributed by atoms with Gasteiger partial charge in [0, 0.05) is 19.3 Å². The summed E-state index contributed by atoms with van der Waals surface area (Å²) < 4.78 is 32.5. The smallest absolute Gasteiger partial charge is 0.280 e. The SMILES string of the molecule is COc1ccc(C)cc1S(=O)(=O)NCCN1C(=O)c2cccnc2C1=O. The van der Waals surface area contributed by atoms with Crippen LogP contribution >= 0.6 is 0 Å². The molecule has 0 unspecified atom stereocenters. The maximum Gasteiger partial charge on any atom is 0.280 e. The van der Waals surface area contributed by atoms with Gasteiger partial charge in [0.2, 0.25) is 10.0 Å². The lowest BCUT2D eigenvalue weighted by molar-refractivity contribution is 0.0655. The van der Waals surface area contributed by atoms with Crippen LogP contribution in [0.3, 0.4) is 0 Å². The first kappa shape index (κ1) is 18.0. The Hall–Kier alpha value is -2.78. The molecule has 1 aromatic heterocycles. The molecule has 9 heteroatoms. The van der Waals surface area contributed by atoms with Crippen molar-refractivity contribution in [3.8, 4) is 5.75 Å². The molecule has 2 amide bonds. The second-order valence-electron chi connectivity index (χ2n) is 5.71. The van der Waals surface area contributed by atoms with Crippen LogP contribution in [0, 0.1) is 6.92 Å². The number of aromatic nitrogens is 1. The number of fused-ring (bicyclic) bond motifs is 1. The number of carbonyl (C=O) groups is 2. The minimum atomic E-state index is -3.86. The predicted octanol–water partition coefficient (Wildman–Crippen LogP) is 0.973. The van der Waals surface area contributed by atoms with Gasteiger partial charge >= 0.3 is 0 Å². The molecule has 0 saturated carbocycles. The summed E-state index contributed by atoms with van der Waals surface area (Å²) >= 11 is 0. The van der Waals surface area contributed by atoms with Crippen LogP contribution in [0.1, 0.15) is 26.4 Å². The van der Waals surface area contributed by atoms with Gasteiger partial charge in [-0.2, -0.15) is 0 Å². The summed E-state index contributed by atoms with van der Waals surface area (Å²) in [6.45, 7) is 1.55. The number of aryl methyl sites for hydroxylation is 1. The molecule has 3 rings (SSSR count). The van der Waals surface area contributed by atoms with E-state index in [-0.39, 0.29) is 35.0 Å². The third-order valence-corrected chi connectivity index (χ3v) is 5.45. The van der Waals surface area contributed by atoms with Crippen molar-refractivity contribution in [2.75, 3.05) is 20.2 Å². The highest BCUT2D eigenvalue weighted by molar-refractivity contribution is 7.89. The third-order valence-electron chi connectivity index (χ3n) is 3.97. The van der Waals surface area contributed by atoms with Gasteiger partial charge in [-0.15, -0.1) is 0 Å². The Morgan fingerprint density at radius 2 is 1.96 bits per heavy atom. The van der Waals surface area contributed by atoms with Gasteiger partial charge in [-0.05, 0) is 36.8 Å². The van der Waals surface area contributed by atoms with Crippen LogP contribution in [-0.4, -0.2) is 50.3 Å². The Morgan fingerprint density at radius 1 is 1.19 bits per heavy atom. The molecule has 136 valence electrons. The van der Waals surface area contributed by atoms with E-state index in [2.05, 4.69) is 9.71 Å². The maximum atomic E-state index is 12.5. The number of pyridine rings is 1. The number of nitrogens with one attached hydrogen (secondary N) is 1. The number of carbonyl (C=O) groups excluding carboxylic acids is 2. The van der Waals surface area contributed by atoms with Gasteiger partial charge in [0.05, 0.1) is 12.7 Å². The first-order valence-corrected chi connectivity index (χ1v) is 9.29. The van der Waals surface area contributed by atoms with E-state index in [9.17, 15) is 18.0 Å². The van der Waals surface area contributed by atoms with E-state index in [1.54, 1.807) is 25.1 Å². The molecule has 0 saturated heterocycles. The minimum Gasteiger partial charge on any atom is -0.495 e. The Kier molecular flexibility index (Phi) is 4.75. The van der Waals surface area contributed by atoms with Crippen molar-refractivity contribution in [3.63, 3.8) is 0 Å². The molecule has 1 aliphatic rings. The zero-order chi connectivity index (χ0) is 18.9. The molecule has 0 radical (unpaired) electrons. The summed E-state index contributed by atoms with van der Waals surface area (Å²) in [6.07, 6.45) is 1.43. The van der Waals surface area contributed by atoms with Crippen molar-refractivity contribution >= 4 is 21.8 Å². The first-order valence-electron chi connectivity index (χ1n) is 7.80. The molecule has 8 nitrogen and oxygen atoms in total. The van der Waals surface area contributed by atoms with Crippen molar-refractivity contribution in [2.45, 2.75) is 11.8 Å². The van der Waals surface area contributed by atoms with Crippen LogP contribution in [-0.2, 0) is 10.0 Å². The molecule has 1 aliphatic heterocycles. The summed E-state index contributed by atoms with van der Waals surface area (Å²) in [5.41, 5.74) is 1.07. The molecular weight excluding hydrogens is 358 g/mol. The molecule has 1 aromatic carbocycles. The first-order chi connectivity index (χ1) is 12.3. The Balaban J connectivity index is 1.72. The van der Waals surface area contributed by atoms with E-state index in [0.717, 1.165) is 10.5 Å². The highest BCUT2D eigenvalue weighted by Gasteiger charge is 2.36. The molecular formula is C17H17N3O5S. The van der Waals surface area contributed by atoms with Crippen LogP contribution in [0.15, 0.2) is 41.4 Å². The highest BCUT2D eigenvalue weighted by Crippen LogP contribution is 2.24. The van der Waals surface area contributed by atoms with Crippen molar-refractivity contribution < 1.29 is 22.7 Å². The minimum absolute atomic E-state index is 0.00373. The van der Waals surface area contributed by atoms with Gasteiger partial charge < -0.3 is 4.74 Å². The normalized spacial score (nSPS) is 13.8. The fraction of sp³-hybridized carbons (Fsp3) is 0.235. The number of nitrogens with zero attached hydrogens (tertiary/aromatic N) is 2. The van der Waals surface area contributed by atoms with Crippen molar-refractivity contribution in [3.05, 3.63) is 53.3 Å². The number of ether oxygens (including phenoxy) is 1. The summed E-state index contributed by atoms with van der Waals surface area (Å²) in [7, 11) is -2.48. The number of amides is 2. The number of benzene rings is 1. The molecule has 0 bridgehead atoms. The van der Waals surface area contributed by atoms with Crippen LogP contribution in [0.2, 0.25) is 0 Å². The van der Waals surface area contributed by atoms with E-state index in [4.69, 9.17) is 4.74 Å². The Labute approximate surface area is 150 Å². The van der Waals surface area contributed by atoms with Gasteiger partial charge in [0.25, 0.3) is 11.8 Å². The zero-order valence-electron chi connectivity index (χ0n) is 14.2. The topological polar surface area (TPSA) is 106 Å². The highest BCUT2D eigenvalue weighted by atomic mass is 32.2. The number of imide groups is 1. The van der Waals surface area contributed by atoms with E-state index in [0.29, 0.717) is 0 Å². The predicted molar refractivity (Wildman–Crippen MR) is 92.5 cm³/mol. The monoisotopic (exact) mass is 375 g/mol. The van der Waals surface area contributed by atoms with Crippen LogP contribution in [0.25, 0.3) is 0 Å². The van der Waals surface area contributed by atoms with Gasteiger partial charge in [-0.25, -0.2) is 13.1 Å². The number of hydrogen-bond donors (Lipinski definition) is 1. The molecule has 26 heavy (non-hydrogen) atoms. The molecule has 0 atom stereocenters. The standard InChI is InChI=1S/C17H17N3O5S/c1-11-5-6-13(25-2)14(10-11)26(23,24)19-8-9-20-16(21)12-4-3-7-18-15(12)17(20)22/h3-7,10,19H,8-9H2,1-2H3. The van der Waals surface area contributed by atoms with Gasteiger partial charge in [-0.1, -0.05) is 6.07 Å². The second kappa shape index (κ2) is 6.85.